The first-order chi connectivity index (χ1) is 11.8. The number of nitrogens with zero attached hydrogens (tertiary/aromatic N) is 4. The number of halogens is 1. The minimum Gasteiger partial charge on any atom is -0.378 e. The molecule has 0 amide bonds. The minimum absolute atomic E-state index is 0.339. The molecule has 0 radical (unpaired) electrons. The summed E-state index contributed by atoms with van der Waals surface area (Å²) in [6.07, 6.45) is 1.73. The Hall–Kier alpha value is -2.80. The van der Waals surface area contributed by atoms with Gasteiger partial charge in [0, 0.05) is 24.8 Å². The Labute approximate surface area is 137 Å². The molecule has 24 heavy (non-hydrogen) atoms. The van der Waals surface area contributed by atoms with Gasteiger partial charge < -0.3 is 14.2 Å². The van der Waals surface area contributed by atoms with Crippen LogP contribution in [0.3, 0.4) is 0 Å². The maximum atomic E-state index is 13.4. The van der Waals surface area contributed by atoms with Gasteiger partial charge in [0.15, 0.2) is 0 Å². The molecule has 3 aromatic rings. The zero-order valence-electron chi connectivity index (χ0n) is 12.9. The van der Waals surface area contributed by atoms with Crippen LogP contribution in [0.2, 0.25) is 0 Å². The molecule has 1 fully saturated rings. The fraction of sp³-hybridized carbons (Fsp3) is 0.235. The van der Waals surface area contributed by atoms with E-state index < -0.39 is 0 Å². The van der Waals surface area contributed by atoms with E-state index in [1.807, 2.05) is 12.1 Å². The number of hydrogen-bond acceptors (Lipinski definition) is 6. The lowest BCUT2D eigenvalue weighted by molar-refractivity contribution is 0.122. The van der Waals surface area contributed by atoms with Crippen LogP contribution in [0.5, 0.6) is 0 Å². The first kappa shape index (κ1) is 14.8. The van der Waals surface area contributed by atoms with E-state index in [1.165, 1.54) is 12.1 Å². The van der Waals surface area contributed by atoms with Crippen LogP contribution in [-0.2, 0) is 4.74 Å². The largest absolute Gasteiger partial charge is 0.378 e. The van der Waals surface area contributed by atoms with Crippen molar-refractivity contribution >= 4 is 5.82 Å². The summed E-state index contributed by atoms with van der Waals surface area (Å²) >= 11 is 0. The molecule has 0 N–H and O–H groups in total. The monoisotopic (exact) mass is 326 g/mol. The lowest BCUT2D eigenvalue weighted by Crippen LogP contribution is -2.37. The van der Waals surface area contributed by atoms with Gasteiger partial charge in [-0.15, -0.1) is 0 Å². The first-order valence-electron chi connectivity index (χ1n) is 7.69. The predicted molar refractivity (Wildman–Crippen MR) is 86.0 cm³/mol. The Morgan fingerprint density at radius 1 is 1.08 bits per heavy atom. The van der Waals surface area contributed by atoms with Gasteiger partial charge in [-0.25, -0.2) is 9.37 Å². The molecule has 1 aliphatic heterocycles. The van der Waals surface area contributed by atoms with Gasteiger partial charge in [-0.1, -0.05) is 17.3 Å². The van der Waals surface area contributed by atoms with Crippen LogP contribution in [0.1, 0.15) is 0 Å². The van der Waals surface area contributed by atoms with Crippen LogP contribution < -0.4 is 4.90 Å². The van der Waals surface area contributed by atoms with Crippen molar-refractivity contribution < 1.29 is 13.7 Å². The second kappa shape index (κ2) is 6.37. The Morgan fingerprint density at radius 3 is 2.79 bits per heavy atom. The molecular weight excluding hydrogens is 311 g/mol. The van der Waals surface area contributed by atoms with Crippen molar-refractivity contribution in [2.75, 3.05) is 31.2 Å². The van der Waals surface area contributed by atoms with Gasteiger partial charge in [0.1, 0.15) is 11.6 Å². The standard InChI is InChI=1S/C17H15FN4O2/c18-13-4-1-3-12(11-13)15-20-17(24-21-15)14-5-2-6-19-16(14)22-7-9-23-10-8-22/h1-6,11H,7-10H2. The second-order valence-corrected chi connectivity index (χ2v) is 5.41. The Bertz CT molecular complexity index is 846. The molecule has 0 bridgehead atoms. The molecule has 0 atom stereocenters. The maximum Gasteiger partial charge on any atom is 0.261 e. The van der Waals surface area contributed by atoms with Crippen LogP contribution in [0.25, 0.3) is 22.8 Å². The average molecular weight is 326 g/mol. The number of anilines is 1. The predicted octanol–water partition coefficient (Wildman–Crippen LogP) is 2.77. The molecule has 122 valence electrons. The molecule has 1 saturated heterocycles. The summed E-state index contributed by atoms with van der Waals surface area (Å²) in [4.78, 5) is 11.0. The zero-order valence-corrected chi connectivity index (χ0v) is 12.9. The number of pyridine rings is 1. The number of benzene rings is 1. The summed E-state index contributed by atoms with van der Waals surface area (Å²) in [5.74, 6) is 1.16. The van der Waals surface area contributed by atoms with Gasteiger partial charge in [0.2, 0.25) is 5.82 Å². The molecule has 0 unspecified atom stereocenters. The molecule has 0 spiro atoms. The lowest BCUT2D eigenvalue weighted by atomic mass is 10.2. The highest BCUT2D eigenvalue weighted by Gasteiger charge is 2.20. The normalized spacial score (nSPS) is 14.8. The van der Waals surface area contributed by atoms with E-state index in [0.29, 0.717) is 30.5 Å². The minimum atomic E-state index is -0.339. The molecule has 2 aromatic heterocycles. The van der Waals surface area contributed by atoms with Gasteiger partial charge in [-0.2, -0.15) is 4.98 Å². The summed E-state index contributed by atoms with van der Waals surface area (Å²) in [6.45, 7) is 2.84. The first-order valence-corrected chi connectivity index (χ1v) is 7.69. The van der Waals surface area contributed by atoms with Gasteiger partial charge in [-0.05, 0) is 24.3 Å². The number of ether oxygens (including phenoxy) is 1. The maximum absolute atomic E-state index is 13.4. The average Bonchev–Trinajstić information content (AvgIpc) is 3.12. The lowest BCUT2D eigenvalue weighted by Gasteiger charge is -2.28. The number of morpholine rings is 1. The SMILES string of the molecule is Fc1cccc(-c2noc(-c3cccnc3N3CCOCC3)n2)c1. The van der Waals surface area contributed by atoms with Crippen molar-refractivity contribution in [3.63, 3.8) is 0 Å². The molecular formula is C17H15FN4O2. The van der Waals surface area contributed by atoms with Crippen molar-refractivity contribution in [2.24, 2.45) is 0 Å². The highest BCUT2D eigenvalue weighted by molar-refractivity contribution is 5.71. The van der Waals surface area contributed by atoms with E-state index >= 15 is 0 Å². The van der Waals surface area contributed by atoms with Crippen molar-refractivity contribution in [1.82, 2.24) is 15.1 Å². The molecule has 1 aromatic carbocycles. The van der Waals surface area contributed by atoms with Crippen LogP contribution in [-0.4, -0.2) is 41.4 Å². The van der Waals surface area contributed by atoms with Gasteiger partial charge in [0.25, 0.3) is 5.89 Å². The molecule has 0 saturated carbocycles. The van der Waals surface area contributed by atoms with E-state index in [2.05, 4.69) is 20.0 Å². The van der Waals surface area contributed by atoms with E-state index in [9.17, 15) is 4.39 Å². The molecule has 7 heteroatoms. The molecule has 3 heterocycles. The Morgan fingerprint density at radius 2 is 1.96 bits per heavy atom. The van der Waals surface area contributed by atoms with Gasteiger partial charge in [0.05, 0.1) is 18.8 Å². The quantitative estimate of drug-likeness (QED) is 0.737. The van der Waals surface area contributed by atoms with Crippen LogP contribution in [0.4, 0.5) is 10.2 Å². The summed E-state index contributed by atoms with van der Waals surface area (Å²) in [6, 6.07) is 9.82. The Kier molecular flexibility index (Phi) is 3.92. The number of aromatic nitrogens is 3. The third kappa shape index (κ3) is 2.85. The summed E-state index contributed by atoms with van der Waals surface area (Å²) in [7, 11) is 0. The third-order valence-corrected chi connectivity index (χ3v) is 3.84. The Balaban J connectivity index is 1.70. The van der Waals surface area contributed by atoms with Crippen molar-refractivity contribution in [2.45, 2.75) is 0 Å². The zero-order chi connectivity index (χ0) is 16.4. The highest BCUT2D eigenvalue weighted by atomic mass is 19.1. The molecule has 4 rings (SSSR count). The van der Waals surface area contributed by atoms with E-state index in [1.54, 1.807) is 18.3 Å². The summed E-state index contributed by atoms with van der Waals surface area (Å²) in [5, 5.41) is 3.97. The molecule has 0 aliphatic carbocycles. The number of hydrogen-bond donors (Lipinski definition) is 0. The molecule has 6 nitrogen and oxygen atoms in total. The summed E-state index contributed by atoms with van der Waals surface area (Å²) in [5.41, 5.74) is 1.33. The van der Waals surface area contributed by atoms with Crippen LogP contribution in [0, 0.1) is 5.82 Å². The fourth-order valence-corrected chi connectivity index (χ4v) is 2.67. The van der Waals surface area contributed by atoms with Crippen molar-refractivity contribution in [1.29, 1.82) is 0 Å². The van der Waals surface area contributed by atoms with E-state index in [4.69, 9.17) is 9.26 Å². The smallest absolute Gasteiger partial charge is 0.261 e. The van der Waals surface area contributed by atoms with E-state index in [0.717, 1.165) is 24.5 Å². The number of rotatable bonds is 3. The summed E-state index contributed by atoms with van der Waals surface area (Å²) < 4.78 is 24.2. The third-order valence-electron chi connectivity index (χ3n) is 3.84. The van der Waals surface area contributed by atoms with Gasteiger partial charge in [-0.3, -0.25) is 0 Å². The van der Waals surface area contributed by atoms with Crippen LogP contribution >= 0.6 is 0 Å². The van der Waals surface area contributed by atoms with Crippen LogP contribution in [0.15, 0.2) is 47.1 Å². The van der Waals surface area contributed by atoms with Crippen molar-refractivity contribution in [3.05, 3.63) is 48.4 Å². The molecule has 1 aliphatic rings. The highest BCUT2D eigenvalue weighted by Crippen LogP contribution is 2.29. The fourth-order valence-electron chi connectivity index (χ4n) is 2.67. The van der Waals surface area contributed by atoms with Crippen molar-refractivity contribution in [3.8, 4) is 22.8 Å². The van der Waals surface area contributed by atoms with Gasteiger partial charge >= 0.3 is 0 Å². The van der Waals surface area contributed by atoms with E-state index in [-0.39, 0.29) is 5.82 Å². The second-order valence-electron chi connectivity index (χ2n) is 5.41. The topological polar surface area (TPSA) is 64.3 Å².